The van der Waals surface area contributed by atoms with Crippen LogP contribution in [-0.4, -0.2) is 55.6 Å². The molecule has 6 atom stereocenters. The number of rotatable bonds is 8. The summed E-state index contributed by atoms with van der Waals surface area (Å²) < 4.78 is 22.5. The topological polar surface area (TPSA) is 97.1 Å². The molecule has 0 saturated carbocycles. The summed E-state index contributed by atoms with van der Waals surface area (Å²) in [4.78, 5) is 24.4. The van der Waals surface area contributed by atoms with Gasteiger partial charge < -0.3 is 24.7 Å². The number of ether oxygens (including phenoxy) is 4. The summed E-state index contributed by atoms with van der Waals surface area (Å²) >= 11 is 0. The van der Waals surface area contributed by atoms with E-state index >= 15 is 0 Å². The summed E-state index contributed by atoms with van der Waals surface area (Å²) in [5, 5.41) is 0. The van der Waals surface area contributed by atoms with Crippen LogP contribution < -0.4 is 5.73 Å². The highest BCUT2D eigenvalue weighted by molar-refractivity contribution is 5.75. The zero-order valence-corrected chi connectivity index (χ0v) is 16.5. The monoisotopic (exact) mass is 373 g/mol. The molecule has 0 aliphatic carbocycles. The van der Waals surface area contributed by atoms with Crippen molar-refractivity contribution >= 4 is 11.9 Å². The van der Waals surface area contributed by atoms with Gasteiger partial charge in [-0.15, -0.1) is 0 Å². The highest BCUT2D eigenvalue weighted by Crippen LogP contribution is 2.31. The third-order valence-electron chi connectivity index (χ3n) is 4.75. The molecule has 2 fully saturated rings. The molecular weight excluding hydrogens is 338 g/mol. The fourth-order valence-corrected chi connectivity index (χ4v) is 3.54. The summed E-state index contributed by atoms with van der Waals surface area (Å²) in [6.07, 6.45) is -0.449. The van der Waals surface area contributed by atoms with Gasteiger partial charge in [-0.25, -0.2) is 0 Å². The molecule has 0 radical (unpaired) electrons. The van der Waals surface area contributed by atoms with Crippen LogP contribution in [0.2, 0.25) is 0 Å². The quantitative estimate of drug-likeness (QED) is 0.649. The van der Waals surface area contributed by atoms with E-state index in [1.807, 2.05) is 20.8 Å². The molecule has 2 rings (SSSR count). The summed E-state index contributed by atoms with van der Waals surface area (Å²) in [7, 11) is 0. The van der Waals surface area contributed by atoms with Gasteiger partial charge in [-0.1, -0.05) is 34.6 Å². The van der Waals surface area contributed by atoms with Crippen LogP contribution in [0.4, 0.5) is 0 Å². The van der Waals surface area contributed by atoms with Crippen LogP contribution in [0.5, 0.6) is 0 Å². The van der Waals surface area contributed by atoms with E-state index in [9.17, 15) is 9.59 Å². The predicted octanol–water partition coefficient (Wildman–Crippen LogP) is 1.91. The average Bonchev–Trinajstić information content (AvgIpc) is 3.09. The van der Waals surface area contributed by atoms with Crippen molar-refractivity contribution in [1.29, 1.82) is 0 Å². The number of carbonyl (C=O) groups excluding carboxylic acids is 2. The summed E-state index contributed by atoms with van der Waals surface area (Å²) in [6, 6.07) is -0.652. The predicted molar refractivity (Wildman–Crippen MR) is 97.4 cm³/mol. The van der Waals surface area contributed by atoms with E-state index in [4.69, 9.17) is 24.7 Å². The van der Waals surface area contributed by atoms with Gasteiger partial charge in [0.1, 0.15) is 18.2 Å². The lowest BCUT2D eigenvalue weighted by Crippen LogP contribution is -2.40. The molecule has 6 unspecified atom stereocenters. The first-order valence-corrected chi connectivity index (χ1v) is 9.58. The Morgan fingerprint density at radius 3 is 1.85 bits per heavy atom. The zero-order chi connectivity index (χ0) is 19.4. The highest BCUT2D eigenvalue weighted by Gasteiger charge is 2.51. The van der Waals surface area contributed by atoms with Crippen LogP contribution in [0.25, 0.3) is 0 Å². The Kier molecular flexibility index (Phi) is 7.43. The van der Waals surface area contributed by atoms with Gasteiger partial charge in [-0.3, -0.25) is 9.59 Å². The smallest absolute Gasteiger partial charge is 0.323 e. The van der Waals surface area contributed by atoms with E-state index in [1.165, 1.54) is 0 Å². The third-order valence-corrected chi connectivity index (χ3v) is 4.75. The van der Waals surface area contributed by atoms with Crippen molar-refractivity contribution in [2.24, 2.45) is 23.5 Å². The fourth-order valence-electron chi connectivity index (χ4n) is 3.54. The largest absolute Gasteiger partial charge is 0.457 e. The first-order chi connectivity index (χ1) is 12.2. The molecule has 2 saturated heterocycles. The van der Waals surface area contributed by atoms with Gasteiger partial charge in [-0.05, 0) is 24.7 Å². The van der Waals surface area contributed by atoms with Crippen molar-refractivity contribution in [1.82, 2.24) is 0 Å². The van der Waals surface area contributed by atoms with Gasteiger partial charge in [-0.2, -0.15) is 0 Å². The number of carbonyl (C=O) groups is 2. The first-order valence-electron chi connectivity index (χ1n) is 9.58. The number of hydrogen-bond donors (Lipinski definition) is 1. The van der Waals surface area contributed by atoms with Crippen molar-refractivity contribution < 1.29 is 30.0 Å². The molecule has 2 heterocycles. The van der Waals surface area contributed by atoms with E-state index in [0.29, 0.717) is 18.3 Å². The van der Waals surface area contributed by atoms with Crippen molar-refractivity contribution in [3.05, 3.63) is 0 Å². The van der Waals surface area contributed by atoms with Crippen LogP contribution in [0.3, 0.4) is 0 Å². The Morgan fingerprint density at radius 1 is 0.923 bits per heavy atom. The molecule has 2 aliphatic rings. The van der Waals surface area contributed by atoms with Crippen LogP contribution in [0.1, 0.15) is 48.9 Å². The standard InChI is InChI=1S/C19H33NO6.H2/c1-10(2)6-12(5)18(21)25-14-8-23-17-15(9-24-16(14)17)26-19(22)13(20)7-11(3)4;/h10-17H,6-9,20H2,1-5H3;1H. The second kappa shape index (κ2) is 9.15. The normalized spacial score (nSPS) is 30.3. The molecule has 26 heavy (non-hydrogen) atoms. The molecule has 2 N–H and O–H groups in total. The van der Waals surface area contributed by atoms with E-state index < -0.39 is 36.4 Å². The van der Waals surface area contributed by atoms with E-state index in [-0.39, 0.29) is 26.5 Å². The Morgan fingerprint density at radius 2 is 1.38 bits per heavy atom. The molecule has 152 valence electrons. The minimum Gasteiger partial charge on any atom is -0.457 e. The highest BCUT2D eigenvalue weighted by atomic mass is 16.7. The van der Waals surface area contributed by atoms with Crippen molar-refractivity contribution in [2.75, 3.05) is 13.2 Å². The van der Waals surface area contributed by atoms with Crippen LogP contribution in [0, 0.1) is 17.8 Å². The maximum atomic E-state index is 12.2. The van der Waals surface area contributed by atoms with Gasteiger partial charge in [0.25, 0.3) is 0 Å². The zero-order valence-electron chi connectivity index (χ0n) is 16.5. The van der Waals surface area contributed by atoms with Gasteiger partial charge >= 0.3 is 11.9 Å². The van der Waals surface area contributed by atoms with Crippen molar-refractivity contribution in [3.63, 3.8) is 0 Å². The number of esters is 2. The van der Waals surface area contributed by atoms with Crippen LogP contribution >= 0.6 is 0 Å². The minimum absolute atomic E-state index is 0. The Balaban J connectivity index is 0.00000364. The molecular formula is C19H35NO6. The van der Waals surface area contributed by atoms with Crippen LogP contribution in [0.15, 0.2) is 0 Å². The van der Waals surface area contributed by atoms with Crippen molar-refractivity contribution in [2.45, 2.75) is 77.9 Å². The Bertz CT molecular complexity index is 457. The number of nitrogens with two attached hydrogens (primary N) is 1. The van der Waals surface area contributed by atoms with Gasteiger partial charge in [0.2, 0.25) is 0 Å². The maximum absolute atomic E-state index is 12.2. The summed E-state index contributed by atoms with van der Waals surface area (Å²) in [5.41, 5.74) is 5.87. The lowest BCUT2D eigenvalue weighted by Gasteiger charge is -2.20. The SMILES string of the molecule is CC(C)CC(C)C(=O)OC1COC2C(OC(=O)C(N)CC(C)C)COC12.[HH]. The second-order valence-corrected chi connectivity index (χ2v) is 8.31. The fraction of sp³-hybridized carbons (Fsp3) is 0.895. The summed E-state index contributed by atoms with van der Waals surface area (Å²) in [6.45, 7) is 10.5. The molecule has 2 aliphatic heterocycles. The van der Waals surface area contributed by atoms with Gasteiger partial charge in [0, 0.05) is 1.43 Å². The van der Waals surface area contributed by atoms with Gasteiger partial charge in [0.05, 0.1) is 19.1 Å². The summed E-state index contributed by atoms with van der Waals surface area (Å²) in [5.74, 6) is -0.118. The second-order valence-electron chi connectivity index (χ2n) is 8.31. The first kappa shape index (κ1) is 21.1. The van der Waals surface area contributed by atoms with Gasteiger partial charge in [0.15, 0.2) is 12.2 Å². The van der Waals surface area contributed by atoms with Crippen molar-refractivity contribution in [3.8, 4) is 0 Å². The van der Waals surface area contributed by atoms with E-state index in [2.05, 4.69) is 13.8 Å². The molecule has 0 aromatic rings. The lowest BCUT2D eigenvalue weighted by molar-refractivity contribution is -0.159. The van der Waals surface area contributed by atoms with E-state index in [0.717, 1.165) is 6.42 Å². The average molecular weight is 373 g/mol. The Hall–Kier alpha value is -1.18. The Labute approximate surface area is 157 Å². The third kappa shape index (κ3) is 5.41. The molecule has 0 aromatic carbocycles. The molecule has 0 spiro atoms. The van der Waals surface area contributed by atoms with Crippen LogP contribution in [-0.2, 0) is 28.5 Å². The molecule has 7 heteroatoms. The number of hydrogen-bond acceptors (Lipinski definition) is 7. The molecule has 0 aromatic heterocycles. The maximum Gasteiger partial charge on any atom is 0.323 e. The lowest BCUT2D eigenvalue weighted by atomic mass is 9.99. The van der Waals surface area contributed by atoms with E-state index in [1.54, 1.807) is 0 Å². The molecule has 0 amide bonds. The molecule has 0 bridgehead atoms. The number of fused-ring (bicyclic) bond motifs is 1. The minimum atomic E-state index is -0.652. The molecule has 7 nitrogen and oxygen atoms in total.